The number of carbonyl (C=O) groups is 1. The summed E-state index contributed by atoms with van der Waals surface area (Å²) in [5.74, 6) is -1.17. The predicted octanol–water partition coefficient (Wildman–Crippen LogP) is 8.10. The maximum Gasteiger partial charge on any atom is 0.573 e. The quantitative estimate of drug-likeness (QED) is 0.158. The first-order valence-electron chi connectivity index (χ1n) is 14.2. The van der Waals surface area contributed by atoms with Gasteiger partial charge in [0.25, 0.3) is 0 Å². The number of imidazole rings is 1. The van der Waals surface area contributed by atoms with Crippen molar-refractivity contribution < 1.29 is 32.5 Å². The van der Waals surface area contributed by atoms with E-state index >= 15 is 0 Å². The molecule has 0 aliphatic rings. The molecule has 224 valence electrons. The molecule has 2 unspecified atom stereocenters. The molecule has 0 fully saturated rings. The molecule has 0 bridgehead atoms. The van der Waals surface area contributed by atoms with Gasteiger partial charge in [0.1, 0.15) is 23.9 Å². The lowest BCUT2D eigenvalue weighted by Gasteiger charge is -2.23. The number of ether oxygens (including phenoxy) is 2. The summed E-state index contributed by atoms with van der Waals surface area (Å²) in [7, 11) is 0. The van der Waals surface area contributed by atoms with Crippen LogP contribution < -0.4 is 9.47 Å². The molecule has 0 saturated carbocycles. The molecule has 0 aliphatic heterocycles. The number of pyridine rings is 1. The molecular weight excluding hydrogens is 559 g/mol. The smallest absolute Gasteiger partial charge is 0.487 e. The highest BCUT2D eigenvalue weighted by Gasteiger charge is 2.33. The van der Waals surface area contributed by atoms with E-state index < -0.39 is 24.2 Å². The lowest BCUT2D eigenvalue weighted by atomic mass is 9.85. The van der Waals surface area contributed by atoms with Gasteiger partial charge in [-0.25, -0.2) is 9.97 Å². The van der Waals surface area contributed by atoms with E-state index in [0.717, 1.165) is 28.5 Å². The van der Waals surface area contributed by atoms with Gasteiger partial charge >= 0.3 is 12.3 Å². The van der Waals surface area contributed by atoms with Crippen molar-refractivity contribution in [2.75, 3.05) is 0 Å². The van der Waals surface area contributed by atoms with E-state index in [1.165, 1.54) is 18.2 Å². The molecular formula is C33H32F3N3O4. The largest absolute Gasteiger partial charge is 0.573 e. The van der Waals surface area contributed by atoms with Gasteiger partial charge in [0.15, 0.2) is 0 Å². The Bertz CT molecular complexity index is 1730. The van der Waals surface area contributed by atoms with Crippen LogP contribution in [0.25, 0.3) is 21.9 Å². The van der Waals surface area contributed by atoms with Gasteiger partial charge in [0, 0.05) is 23.9 Å². The number of carboxylic acids is 1. The third-order valence-corrected chi connectivity index (χ3v) is 7.44. The van der Waals surface area contributed by atoms with Crippen molar-refractivity contribution in [3.05, 3.63) is 95.9 Å². The number of aliphatic carboxylic acids is 1. The summed E-state index contributed by atoms with van der Waals surface area (Å²) in [6.07, 6.45) is -3.08. The number of benzene rings is 3. The molecule has 0 radical (unpaired) electrons. The topological polar surface area (TPSA) is 86.5 Å². The predicted molar refractivity (Wildman–Crippen MR) is 157 cm³/mol. The molecule has 0 aliphatic carbocycles. The first-order chi connectivity index (χ1) is 20.6. The van der Waals surface area contributed by atoms with Crippen molar-refractivity contribution >= 4 is 27.9 Å². The number of alkyl halides is 3. The second kappa shape index (κ2) is 12.7. The van der Waals surface area contributed by atoms with E-state index in [0.29, 0.717) is 35.5 Å². The molecule has 10 heteroatoms. The average molecular weight is 592 g/mol. The lowest BCUT2D eigenvalue weighted by Crippen LogP contribution is -2.24. The molecule has 0 spiro atoms. The van der Waals surface area contributed by atoms with Crippen LogP contribution in [0.15, 0.2) is 78.9 Å². The number of nitrogens with zero attached hydrogens (tertiary/aromatic N) is 3. The number of halogens is 3. The molecule has 1 N–H and O–H groups in total. The van der Waals surface area contributed by atoms with E-state index in [9.17, 15) is 23.1 Å². The molecule has 0 amide bonds. The third kappa shape index (κ3) is 7.07. The fourth-order valence-electron chi connectivity index (χ4n) is 5.49. The molecule has 43 heavy (non-hydrogen) atoms. The monoisotopic (exact) mass is 591 g/mol. The van der Waals surface area contributed by atoms with Crippen LogP contribution >= 0.6 is 0 Å². The molecule has 2 atom stereocenters. The fraction of sp³-hybridized carbons (Fsp3) is 0.303. The van der Waals surface area contributed by atoms with Gasteiger partial charge in [-0.1, -0.05) is 56.7 Å². The molecule has 2 heterocycles. The van der Waals surface area contributed by atoms with Crippen LogP contribution in [0.5, 0.6) is 11.5 Å². The summed E-state index contributed by atoms with van der Waals surface area (Å²) in [4.78, 5) is 21.8. The second-order valence-corrected chi connectivity index (χ2v) is 10.4. The Kier molecular flexibility index (Phi) is 8.84. The van der Waals surface area contributed by atoms with Crippen LogP contribution in [0.2, 0.25) is 0 Å². The van der Waals surface area contributed by atoms with E-state index in [1.54, 1.807) is 18.2 Å². The molecule has 7 nitrogen and oxygen atoms in total. The average Bonchev–Trinajstić information content (AvgIpc) is 3.32. The Morgan fingerprint density at radius 3 is 2.49 bits per heavy atom. The number of carboxylic acid groups (broad SMARTS) is 1. The fourth-order valence-corrected chi connectivity index (χ4v) is 5.49. The minimum absolute atomic E-state index is 0.179. The van der Waals surface area contributed by atoms with Crippen molar-refractivity contribution in [3.8, 4) is 11.5 Å². The third-order valence-electron chi connectivity index (χ3n) is 7.44. The number of hydrogen-bond acceptors (Lipinski definition) is 5. The van der Waals surface area contributed by atoms with Crippen LogP contribution in [-0.4, -0.2) is 32.0 Å². The zero-order valence-electron chi connectivity index (χ0n) is 23.8. The lowest BCUT2D eigenvalue weighted by molar-refractivity contribution is -0.274. The molecule has 5 rings (SSSR count). The van der Waals surface area contributed by atoms with Crippen LogP contribution in [-0.2, 0) is 17.9 Å². The summed E-state index contributed by atoms with van der Waals surface area (Å²) in [5.41, 5.74) is 3.51. The highest BCUT2D eigenvalue weighted by Crippen LogP contribution is 2.35. The standard InChI is InChI=1S/C33H32F3N3O4/c1-3-8-27(26(4-2)32(40)41)31-38-29-18-24(42-20-23-14-13-22-10-5-6-12-28(22)37-23)15-16-30(29)39(31)19-21-9-7-11-25(17-21)43-33(34,35)36/h5-7,9-18,26-27H,3-4,8,19-20H2,1-2H3,(H,40,41). The van der Waals surface area contributed by atoms with Crippen molar-refractivity contribution in [3.63, 3.8) is 0 Å². The summed E-state index contributed by atoms with van der Waals surface area (Å²) in [5, 5.41) is 11.1. The van der Waals surface area contributed by atoms with Crippen molar-refractivity contribution in [1.82, 2.24) is 14.5 Å². The summed E-state index contributed by atoms with van der Waals surface area (Å²) in [6.45, 7) is 4.24. The number of fused-ring (bicyclic) bond motifs is 2. The van der Waals surface area contributed by atoms with Crippen molar-refractivity contribution in [2.45, 2.75) is 58.5 Å². The Morgan fingerprint density at radius 1 is 0.930 bits per heavy atom. The summed E-state index contributed by atoms with van der Waals surface area (Å²) < 4.78 is 50.7. The number of para-hydroxylation sites is 1. The first kappa shape index (κ1) is 29.9. The Labute approximate surface area is 246 Å². The molecule has 5 aromatic rings. The Balaban J connectivity index is 1.51. The van der Waals surface area contributed by atoms with Gasteiger partial charge < -0.3 is 19.1 Å². The van der Waals surface area contributed by atoms with E-state index in [-0.39, 0.29) is 18.9 Å². The van der Waals surface area contributed by atoms with Crippen LogP contribution in [0.4, 0.5) is 13.2 Å². The molecule has 3 aromatic carbocycles. The minimum atomic E-state index is -4.81. The van der Waals surface area contributed by atoms with Gasteiger partial charge in [-0.3, -0.25) is 4.79 Å². The van der Waals surface area contributed by atoms with Crippen LogP contribution in [0.1, 0.15) is 56.1 Å². The van der Waals surface area contributed by atoms with Gasteiger partial charge in [-0.2, -0.15) is 0 Å². The zero-order chi connectivity index (χ0) is 30.6. The maximum absolute atomic E-state index is 12.9. The maximum atomic E-state index is 12.9. The first-order valence-corrected chi connectivity index (χ1v) is 14.2. The normalized spacial score (nSPS) is 13.2. The van der Waals surface area contributed by atoms with Crippen molar-refractivity contribution in [1.29, 1.82) is 0 Å². The van der Waals surface area contributed by atoms with Crippen molar-refractivity contribution in [2.24, 2.45) is 5.92 Å². The van der Waals surface area contributed by atoms with E-state index in [1.807, 2.05) is 60.9 Å². The number of aromatic nitrogens is 3. The summed E-state index contributed by atoms with van der Waals surface area (Å²) >= 11 is 0. The van der Waals surface area contributed by atoms with E-state index in [4.69, 9.17) is 9.72 Å². The minimum Gasteiger partial charge on any atom is -0.487 e. The highest BCUT2D eigenvalue weighted by atomic mass is 19.4. The van der Waals surface area contributed by atoms with Gasteiger partial charge in [0.2, 0.25) is 0 Å². The van der Waals surface area contributed by atoms with E-state index in [2.05, 4.69) is 9.72 Å². The summed E-state index contributed by atoms with van der Waals surface area (Å²) in [6, 6.07) is 23.0. The Morgan fingerprint density at radius 2 is 1.74 bits per heavy atom. The van der Waals surface area contributed by atoms with Gasteiger partial charge in [0.05, 0.1) is 28.2 Å². The molecule has 0 saturated heterocycles. The number of hydrogen-bond donors (Lipinski definition) is 1. The second-order valence-electron chi connectivity index (χ2n) is 10.4. The Hall–Kier alpha value is -4.60. The van der Waals surface area contributed by atoms with Gasteiger partial charge in [-0.05, 0) is 54.8 Å². The van der Waals surface area contributed by atoms with Crippen LogP contribution in [0.3, 0.4) is 0 Å². The highest BCUT2D eigenvalue weighted by molar-refractivity contribution is 5.79. The molecule has 2 aromatic heterocycles. The van der Waals surface area contributed by atoms with Gasteiger partial charge in [-0.15, -0.1) is 13.2 Å². The zero-order valence-corrected chi connectivity index (χ0v) is 23.8. The number of rotatable bonds is 12. The van der Waals surface area contributed by atoms with Crippen LogP contribution in [0, 0.1) is 5.92 Å². The SMILES string of the molecule is CCCC(c1nc2cc(OCc3ccc4ccccc4n3)ccc2n1Cc1cccc(OC(F)(F)F)c1)C(CC)C(=O)O.